The number of hydrogen-bond acceptors (Lipinski definition) is 4. The van der Waals surface area contributed by atoms with Gasteiger partial charge in [0.1, 0.15) is 0 Å². The van der Waals surface area contributed by atoms with E-state index in [1.165, 1.54) is 12.1 Å². The Bertz CT molecular complexity index is 892. The van der Waals surface area contributed by atoms with Gasteiger partial charge in [-0.2, -0.15) is 5.10 Å². The normalized spacial score (nSPS) is 10.6. The predicted octanol–water partition coefficient (Wildman–Crippen LogP) is 3.84. The Labute approximate surface area is 137 Å². The van der Waals surface area contributed by atoms with Gasteiger partial charge in [0.25, 0.3) is 5.69 Å². The highest BCUT2D eigenvalue weighted by atomic mass is 19.1. The summed E-state index contributed by atoms with van der Waals surface area (Å²) >= 11 is 0. The molecule has 0 fully saturated rings. The van der Waals surface area contributed by atoms with Crippen molar-refractivity contribution in [3.63, 3.8) is 0 Å². The van der Waals surface area contributed by atoms with Crippen LogP contribution in [0.25, 0.3) is 5.69 Å². The molecule has 24 heavy (non-hydrogen) atoms. The molecule has 3 aromatic rings. The van der Waals surface area contributed by atoms with Crippen LogP contribution < -0.4 is 5.32 Å². The van der Waals surface area contributed by atoms with Gasteiger partial charge in [-0.3, -0.25) is 10.1 Å². The van der Waals surface area contributed by atoms with Crippen molar-refractivity contribution in [2.75, 3.05) is 5.32 Å². The molecule has 0 saturated carbocycles. The van der Waals surface area contributed by atoms with Gasteiger partial charge in [0.2, 0.25) is 0 Å². The molecule has 0 bridgehead atoms. The van der Waals surface area contributed by atoms with Crippen LogP contribution in [0, 0.1) is 22.9 Å². The second-order valence-corrected chi connectivity index (χ2v) is 5.31. The molecule has 0 aliphatic heterocycles. The van der Waals surface area contributed by atoms with Crippen LogP contribution in [-0.4, -0.2) is 14.7 Å². The lowest BCUT2D eigenvalue weighted by atomic mass is 10.1. The molecular formula is C17H15FN4O2. The third-order valence-corrected chi connectivity index (χ3v) is 3.59. The van der Waals surface area contributed by atoms with Crippen LogP contribution >= 0.6 is 0 Å². The van der Waals surface area contributed by atoms with E-state index < -0.39 is 10.7 Å². The number of nitrogens with one attached hydrogen (secondary N) is 1. The molecular weight excluding hydrogens is 311 g/mol. The molecule has 0 aliphatic carbocycles. The summed E-state index contributed by atoms with van der Waals surface area (Å²) in [6.07, 6.45) is 1.86. The molecule has 122 valence electrons. The minimum absolute atomic E-state index is 0.215. The number of benzene rings is 2. The van der Waals surface area contributed by atoms with Crippen LogP contribution in [0.15, 0.2) is 54.7 Å². The summed E-state index contributed by atoms with van der Waals surface area (Å²) < 4.78 is 15.7. The fraction of sp³-hybridized carbons (Fsp3) is 0.118. The van der Waals surface area contributed by atoms with Crippen LogP contribution in [-0.2, 0) is 6.54 Å². The first kappa shape index (κ1) is 15.7. The lowest BCUT2D eigenvalue weighted by Crippen LogP contribution is -2.07. The van der Waals surface area contributed by atoms with Gasteiger partial charge in [0.05, 0.1) is 28.1 Å². The molecule has 0 saturated heterocycles. The van der Waals surface area contributed by atoms with Crippen LogP contribution in [0.2, 0.25) is 0 Å². The van der Waals surface area contributed by atoms with Gasteiger partial charge in [-0.1, -0.05) is 18.2 Å². The predicted molar refractivity (Wildman–Crippen MR) is 88.7 cm³/mol. The van der Waals surface area contributed by atoms with Crippen molar-refractivity contribution in [3.05, 3.63) is 81.9 Å². The Hall–Kier alpha value is -3.22. The summed E-state index contributed by atoms with van der Waals surface area (Å²) in [6.45, 7) is 2.27. The molecule has 2 aromatic carbocycles. The highest BCUT2D eigenvalue weighted by Gasteiger charge is 2.11. The number of halogens is 1. The Morgan fingerprint density at radius 3 is 2.71 bits per heavy atom. The number of non-ortho nitro benzene ring substituents is 1. The smallest absolute Gasteiger partial charge is 0.272 e. The molecule has 7 heteroatoms. The van der Waals surface area contributed by atoms with E-state index in [4.69, 9.17) is 0 Å². The highest BCUT2D eigenvalue weighted by Crippen LogP contribution is 2.22. The summed E-state index contributed by atoms with van der Waals surface area (Å²) in [5.41, 5.74) is 2.66. The van der Waals surface area contributed by atoms with Crippen LogP contribution in [0.1, 0.15) is 11.3 Å². The average molecular weight is 326 g/mol. The Morgan fingerprint density at radius 1 is 1.25 bits per heavy atom. The van der Waals surface area contributed by atoms with E-state index in [0.29, 0.717) is 6.54 Å². The molecule has 0 radical (unpaired) electrons. The Balaban J connectivity index is 1.82. The average Bonchev–Trinajstić information content (AvgIpc) is 3.00. The number of nitro groups is 1. The zero-order valence-electron chi connectivity index (χ0n) is 12.9. The van der Waals surface area contributed by atoms with Crippen molar-refractivity contribution in [1.82, 2.24) is 9.78 Å². The van der Waals surface area contributed by atoms with Crippen molar-refractivity contribution in [3.8, 4) is 5.69 Å². The number of aromatic nitrogens is 2. The summed E-state index contributed by atoms with van der Waals surface area (Å²) in [4.78, 5) is 10.0. The van der Waals surface area contributed by atoms with E-state index in [-0.39, 0.29) is 11.4 Å². The SMILES string of the molecule is Cc1ccn(-c2ccccc2CNc2ccc([N+](=O)[O-])cc2F)n1. The van der Waals surface area contributed by atoms with Gasteiger partial charge < -0.3 is 5.32 Å². The fourth-order valence-electron chi connectivity index (χ4n) is 2.38. The minimum atomic E-state index is -0.656. The highest BCUT2D eigenvalue weighted by molar-refractivity contribution is 5.51. The second-order valence-electron chi connectivity index (χ2n) is 5.31. The molecule has 1 heterocycles. The largest absolute Gasteiger partial charge is 0.379 e. The fourth-order valence-corrected chi connectivity index (χ4v) is 2.38. The van der Waals surface area contributed by atoms with E-state index in [2.05, 4.69) is 10.4 Å². The lowest BCUT2D eigenvalue weighted by Gasteiger charge is -2.12. The number of rotatable bonds is 5. The number of anilines is 1. The first-order valence-corrected chi connectivity index (χ1v) is 7.33. The van der Waals surface area contributed by atoms with Gasteiger partial charge in [-0.05, 0) is 30.7 Å². The number of hydrogen-bond donors (Lipinski definition) is 1. The summed E-state index contributed by atoms with van der Waals surface area (Å²) in [6, 6.07) is 13.1. The van der Waals surface area contributed by atoms with Gasteiger partial charge >= 0.3 is 0 Å². The van der Waals surface area contributed by atoms with E-state index in [0.717, 1.165) is 23.0 Å². The van der Waals surface area contributed by atoms with Crippen molar-refractivity contribution in [1.29, 1.82) is 0 Å². The second kappa shape index (κ2) is 6.49. The minimum Gasteiger partial charge on any atom is -0.379 e. The van der Waals surface area contributed by atoms with Crippen molar-refractivity contribution < 1.29 is 9.31 Å². The van der Waals surface area contributed by atoms with Crippen molar-refractivity contribution in [2.45, 2.75) is 13.5 Å². The summed E-state index contributed by atoms with van der Waals surface area (Å²) in [7, 11) is 0. The van der Waals surface area contributed by atoms with E-state index >= 15 is 0 Å². The number of nitro benzene ring substituents is 1. The molecule has 3 rings (SSSR count). The summed E-state index contributed by atoms with van der Waals surface area (Å²) in [5, 5.41) is 18.0. The zero-order chi connectivity index (χ0) is 17.1. The van der Waals surface area contributed by atoms with Crippen LogP contribution in [0.3, 0.4) is 0 Å². The van der Waals surface area contributed by atoms with Gasteiger partial charge in [0, 0.05) is 18.8 Å². The molecule has 1 N–H and O–H groups in total. The Kier molecular flexibility index (Phi) is 4.24. The van der Waals surface area contributed by atoms with Gasteiger partial charge in [0.15, 0.2) is 5.82 Å². The van der Waals surface area contributed by atoms with E-state index in [1.54, 1.807) is 4.68 Å². The number of aryl methyl sites for hydroxylation is 1. The molecule has 0 atom stereocenters. The number of para-hydroxylation sites is 1. The molecule has 0 aliphatic rings. The van der Waals surface area contributed by atoms with Gasteiger partial charge in [-0.25, -0.2) is 9.07 Å². The first-order valence-electron chi connectivity index (χ1n) is 7.33. The van der Waals surface area contributed by atoms with Crippen LogP contribution in [0.5, 0.6) is 0 Å². The maximum Gasteiger partial charge on any atom is 0.272 e. The monoisotopic (exact) mass is 326 g/mol. The maximum atomic E-state index is 14.0. The third kappa shape index (κ3) is 3.24. The van der Waals surface area contributed by atoms with Gasteiger partial charge in [-0.15, -0.1) is 0 Å². The first-order chi connectivity index (χ1) is 11.5. The number of nitrogens with zero attached hydrogens (tertiary/aromatic N) is 3. The maximum absolute atomic E-state index is 14.0. The van der Waals surface area contributed by atoms with Crippen molar-refractivity contribution in [2.24, 2.45) is 0 Å². The molecule has 1 aromatic heterocycles. The van der Waals surface area contributed by atoms with E-state index in [9.17, 15) is 14.5 Å². The lowest BCUT2D eigenvalue weighted by molar-refractivity contribution is -0.385. The van der Waals surface area contributed by atoms with E-state index in [1.807, 2.05) is 43.5 Å². The summed E-state index contributed by atoms with van der Waals surface area (Å²) in [5.74, 6) is -0.656. The standard InChI is InChI=1S/C17H15FN4O2/c1-12-8-9-21(20-12)17-5-3-2-4-13(17)11-19-16-7-6-14(22(23)24)10-15(16)18/h2-10,19H,11H2,1H3. The van der Waals surface area contributed by atoms with Crippen molar-refractivity contribution >= 4 is 11.4 Å². The topological polar surface area (TPSA) is 73.0 Å². The quantitative estimate of drug-likeness (QED) is 0.571. The zero-order valence-corrected chi connectivity index (χ0v) is 12.9. The molecule has 6 nitrogen and oxygen atoms in total. The third-order valence-electron chi connectivity index (χ3n) is 3.59. The molecule has 0 unspecified atom stereocenters. The Morgan fingerprint density at radius 2 is 2.04 bits per heavy atom. The van der Waals surface area contributed by atoms with Crippen LogP contribution in [0.4, 0.5) is 15.8 Å². The molecule has 0 spiro atoms. The molecule has 0 amide bonds.